The molecule has 74 heavy (non-hydrogen) atoms. The number of carboxylic acid groups (broad SMARTS) is 1. The van der Waals surface area contributed by atoms with Gasteiger partial charge in [0.15, 0.2) is 6.04 Å². The fourth-order valence-electron chi connectivity index (χ4n) is 7.83. The van der Waals surface area contributed by atoms with Crippen LogP contribution in [-0.2, 0) is 57.6 Å². The number of para-hydroxylation sites is 1. The van der Waals surface area contributed by atoms with Gasteiger partial charge in [-0.2, -0.15) is 0 Å². The van der Waals surface area contributed by atoms with Crippen molar-refractivity contribution in [2.75, 3.05) is 18.1 Å². The van der Waals surface area contributed by atoms with Crippen LogP contribution in [0.3, 0.4) is 0 Å². The smallest absolute Gasteiger partial charge is 0.328 e. The number of carbonyl (C=O) groups excluding carboxylic acids is 7. The van der Waals surface area contributed by atoms with Gasteiger partial charge >= 0.3 is 5.97 Å². The zero-order chi connectivity index (χ0) is 54.1. The molecule has 0 saturated carbocycles. The second-order valence-electron chi connectivity index (χ2n) is 17.8. The van der Waals surface area contributed by atoms with Gasteiger partial charge in [0, 0.05) is 41.4 Å². The van der Waals surface area contributed by atoms with Crippen molar-refractivity contribution in [1.29, 1.82) is 0 Å². The van der Waals surface area contributed by atoms with E-state index in [-0.39, 0.29) is 49.5 Å². The summed E-state index contributed by atoms with van der Waals surface area (Å²) in [5.74, 6) is -8.56. The van der Waals surface area contributed by atoms with E-state index < -0.39 is 108 Å². The minimum atomic E-state index is -1.82. The number of nitrogens with one attached hydrogen (secondary N) is 8. The van der Waals surface area contributed by atoms with Crippen LogP contribution in [-0.4, -0.2) is 151 Å². The monoisotopic (exact) mass is 1170 g/mol. The highest BCUT2D eigenvalue weighted by atomic mass is 125. The highest BCUT2D eigenvalue weighted by molar-refractivity contribution is 14.1. The average Bonchev–Trinajstić information content (AvgIpc) is 3.77. The number of hydrogen-bond acceptors (Lipinski definition) is 15. The van der Waals surface area contributed by atoms with Crippen LogP contribution in [0, 0.1) is 3.57 Å². The maximum absolute atomic E-state index is 14.8. The number of aliphatic hydroxyl groups excluding tert-OH is 2. The quantitative estimate of drug-likeness (QED) is 0.0363. The first-order chi connectivity index (χ1) is 35.3. The maximum atomic E-state index is 14.8. The summed E-state index contributed by atoms with van der Waals surface area (Å²) in [6.07, 6.45) is -1.05. The highest BCUT2D eigenvalue weighted by Gasteiger charge is 2.37. The number of aliphatic hydroxyl groups is 2. The summed E-state index contributed by atoms with van der Waals surface area (Å²) in [4.78, 5) is 115. The van der Waals surface area contributed by atoms with E-state index >= 15 is 0 Å². The van der Waals surface area contributed by atoms with Gasteiger partial charge in [0.25, 0.3) is 0 Å². The molecule has 7 amide bonds. The number of aromatic hydroxyl groups is 1. The number of phenols is 1. The number of carbonyl (C=O) groups is 8. The van der Waals surface area contributed by atoms with Gasteiger partial charge in [0.05, 0.1) is 21.8 Å². The van der Waals surface area contributed by atoms with Crippen LogP contribution in [0.2, 0.25) is 0 Å². The number of carboxylic acids is 1. The number of rotatable bonds is 17. The number of nitrogens with two attached hydrogens (primary N) is 2. The molecule has 22 nitrogen and oxygen atoms in total. The summed E-state index contributed by atoms with van der Waals surface area (Å²) < 4.78 is 0.436. The first kappa shape index (κ1) is 58.9. The molecule has 0 bridgehead atoms. The van der Waals surface area contributed by atoms with Gasteiger partial charge in [-0.05, 0) is 104 Å². The molecule has 400 valence electrons. The molecule has 1 aromatic heterocycles. The van der Waals surface area contributed by atoms with Crippen molar-refractivity contribution in [3.05, 3.63) is 99.3 Å². The third kappa shape index (κ3) is 17.3. The molecule has 1 saturated heterocycles. The van der Waals surface area contributed by atoms with Crippen molar-refractivity contribution in [3.63, 3.8) is 0 Å². The molecule has 3 aromatic carbocycles. The molecule has 1 aliphatic rings. The zero-order valence-corrected chi connectivity index (χ0v) is 44.3. The van der Waals surface area contributed by atoms with E-state index in [2.05, 4.69) is 42.2 Å². The van der Waals surface area contributed by atoms with Gasteiger partial charge < -0.3 is 74.1 Å². The maximum Gasteiger partial charge on any atom is 0.328 e. The number of phenolic OH excluding ortho intramolecular Hbond substituents is 1. The summed E-state index contributed by atoms with van der Waals surface area (Å²) >= 11 is 1.91. The number of fused-ring (bicyclic) bond motifs is 1. The van der Waals surface area contributed by atoms with E-state index in [0.717, 1.165) is 45.0 Å². The van der Waals surface area contributed by atoms with Crippen molar-refractivity contribution in [2.45, 2.75) is 113 Å². The number of unbranched alkanes of at least 4 members (excludes halogenated alkanes) is 1. The van der Waals surface area contributed by atoms with Crippen LogP contribution < -0.4 is 48.7 Å². The predicted molar refractivity (Wildman–Crippen MR) is 287 cm³/mol. The van der Waals surface area contributed by atoms with E-state index in [0.29, 0.717) is 27.5 Å². The molecule has 0 aliphatic carbocycles. The Hall–Kier alpha value is -5.97. The molecular weight excluding hydrogens is 1110 g/mol. The summed E-state index contributed by atoms with van der Waals surface area (Å²) in [6.45, 7) is 2.56. The summed E-state index contributed by atoms with van der Waals surface area (Å²) in [5.41, 5.74) is 14.7. The molecule has 0 unspecified atom stereocenters. The second-order valence-corrected chi connectivity index (χ2v) is 21.5. The van der Waals surface area contributed by atoms with Crippen LogP contribution in [0.15, 0.2) is 79.0 Å². The molecule has 25 heteroatoms. The number of aromatic nitrogens is 1. The Labute approximate surface area is 448 Å². The number of amides is 7. The molecule has 0 radical (unpaired) electrons. The largest absolute Gasteiger partial charge is 0.507 e. The summed E-state index contributed by atoms with van der Waals surface area (Å²) in [7, 11) is 1.86. The third-order valence-corrected chi connectivity index (χ3v) is 15.2. The van der Waals surface area contributed by atoms with Gasteiger partial charge in [-0.1, -0.05) is 76.2 Å². The van der Waals surface area contributed by atoms with Crippen molar-refractivity contribution < 1.29 is 58.8 Å². The van der Waals surface area contributed by atoms with Crippen molar-refractivity contribution in [3.8, 4) is 5.75 Å². The summed E-state index contributed by atoms with van der Waals surface area (Å²) in [5, 5.41) is 60.0. The van der Waals surface area contributed by atoms with Gasteiger partial charge in [-0.3, -0.25) is 33.6 Å². The van der Waals surface area contributed by atoms with E-state index in [4.69, 9.17) is 11.5 Å². The Morgan fingerprint density at radius 1 is 0.770 bits per heavy atom. The second kappa shape index (κ2) is 28.6. The first-order valence-corrected chi connectivity index (χ1v) is 27.3. The lowest BCUT2D eigenvalue weighted by Crippen LogP contribution is -2.62. The van der Waals surface area contributed by atoms with Crippen LogP contribution >= 0.6 is 44.2 Å². The predicted octanol–water partition coefficient (Wildman–Crippen LogP) is -0.403. The van der Waals surface area contributed by atoms with E-state index in [1.165, 1.54) is 13.0 Å². The minimum Gasteiger partial charge on any atom is -0.507 e. The molecule has 0 spiro atoms. The standard InChI is InChI=1S/C49H63IN10O12S2/c1-25(61)40-48(70)58-38(47(69)60-41(26(2)62)49(71)72)24-74-73-23-37(57-42(64)32(52)19-27-10-4-3-5-11-27)46(68)55-35(20-28-15-16-39(63)31(50)18-28)44(66)56-36(21-29-22-53-33-13-7-6-12-30(29)33)45(67)54-34(43(65)59-40)14-8-9-17-51/h3-7,10-13,15-16,18,22,25-26,32,34-38,40-41,53,61-63H,8-9,14,17,19-21,23-24,51-52H2,1-2H3,(H,54,67)(H,55,68)(H,56,66)(H,57,64)(H,58,70)(H,59,65)(H,60,69)(H,71,72)/t25-,26-,32-,34+,35+,36-,37+,38+,40+,41-/m1/s1/i50-2. The molecule has 16 N–H and O–H groups in total. The SMILES string of the molecule is C[C@@H](O)[C@@H]1NC(=O)[C@H](CCCCN)NC(=O)[C@@H](Cc2c[nH]c3ccccc23)NC(=O)[C@H](Cc2ccc(O)c([125I])c2)NC(=O)[C@@H](NC(=O)[C@H](N)Cc2ccccc2)CSSC[C@@H](C(=O)N[C@@H](C(=O)O)[C@@H](C)O)NC1=O. The number of halogens is 1. The van der Waals surface area contributed by atoms with Gasteiger partial charge in [-0.15, -0.1) is 0 Å². The molecule has 1 aliphatic heterocycles. The fourth-order valence-corrected chi connectivity index (χ4v) is 10.7. The molecule has 4 aromatic rings. The average molecular weight is 1170 g/mol. The van der Waals surface area contributed by atoms with E-state index in [9.17, 15) is 58.8 Å². The Kier molecular flexibility index (Phi) is 22.8. The van der Waals surface area contributed by atoms with Crippen LogP contribution in [0.4, 0.5) is 0 Å². The van der Waals surface area contributed by atoms with Gasteiger partial charge in [-0.25, -0.2) is 4.79 Å². The lowest BCUT2D eigenvalue weighted by molar-refractivity contribution is -0.145. The minimum absolute atomic E-state index is 0.0221. The van der Waals surface area contributed by atoms with Crippen LogP contribution in [0.25, 0.3) is 10.9 Å². The first-order valence-electron chi connectivity index (χ1n) is 23.7. The van der Waals surface area contributed by atoms with Crippen molar-refractivity contribution in [2.24, 2.45) is 11.5 Å². The summed E-state index contributed by atoms with van der Waals surface area (Å²) in [6, 6.07) is 8.69. The van der Waals surface area contributed by atoms with Crippen LogP contribution in [0.1, 0.15) is 49.8 Å². The lowest BCUT2D eigenvalue weighted by atomic mass is 10.0. The van der Waals surface area contributed by atoms with Crippen molar-refractivity contribution in [1.82, 2.24) is 42.2 Å². The van der Waals surface area contributed by atoms with E-state index in [1.54, 1.807) is 54.7 Å². The number of H-pyrrole nitrogens is 1. The Morgan fingerprint density at radius 3 is 2.07 bits per heavy atom. The lowest BCUT2D eigenvalue weighted by Gasteiger charge is -2.29. The highest BCUT2D eigenvalue weighted by Crippen LogP contribution is 2.25. The Bertz CT molecular complexity index is 2610. The normalized spacial score (nSPS) is 22.3. The van der Waals surface area contributed by atoms with Gasteiger partial charge in [0.1, 0.15) is 42.0 Å². The van der Waals surface area contributed by atoms with Crippen molar-refractivity contribution >= 4 is 102 Å². The van der Waals surface area contributed by atoms with Crippen LogP contribution in [0.5, 0.6) is 5.75 Å². The number of aliphatic carboxylic acids is 1. The molecule has 5 rings (SSSR count). The topological polar surface area (TPSA) is 370 Å². The van der Waals surface area contributed by atoms with E-state index in [1.807, 2.05) is 40.8 Å². The Balaban J connectivity index is 1.60. The van der Waals surface area contributed by atoms with Gasteiger partial charge in [0.2, 0.25) is 41.4 Å². The molecule has 2 heterocycles. The Morgan fingerprint density at radius 2 is 1.41 bits per heavy atom. The number of aromatic amines is 1. The zero-order valence-electron chi connectivity index (χ0n) is 40.5. The third-order valence-electron chi connectivity index (χ3n) is 12.0. The number of benzene rings is 3. The fraction of sp³-hybridized carbons (Fsp3) is 0.429. The number of hydrogen-bond donors (Lipinski definition) is 14. The molecule has 1 fully saturated rings. The molecule has 10 atom stereocenters. The molecular formula is C49H63IN10O12S2.